The van der Waals surface area contributed by atoms with Crippen LogP contribution in [0.5, 0.6) is 0 Å². The highest BCUT2D eigenvalue weighted by Crippen LogP contribution is 2.37. The second-order valence-electron chi connectivity index (χ2n) is 4.71. The second-order valence-corrected chi connectivity index (χ2v) is 5.66. The van der Waals surface area contributed by atoms with E-state index in [4.69, 9.17) is 29.6 Å². The van der Waals surface area contributed by atoms with E-state index in [-0.39, 0.29) is 0 Å². The van der Waals surface area contributed by atoms with Crippen molar-refractivity contribution in [3.63, 3.8) is 0 Å². The molecule has 3 heterocycles. The van der Waals surface area contributed by atoms with Crippen LogP contribution in [0.3, 0.4) is 0 Å². The van der Waals surface area contributed by atoms with E-state index in [0.29, 0.717) is 23.6 Å². The molecule has 1 aliphatic rings. The van der Waals surface area contributed by atoms with Crippen LogP contribution in [0.1, 0.15) is 22.5 Å². The van der Waals surface area contributed by atoms with E-state index >= 15 is 0 Å². The van der Waals surface area contributed by atoms with Gasteiger partial charge in [-0.15, -0.1) is 0 Å². The Morgan fingerprint density at radius 3 is 2.95 bits per heavy atom. The van der Waals surface area contributed by atoms with E-state index in [1.807, 2.05) is 16.7 Å². The number of fused-ring (bicyclic) bond motifs is 1. The van der Waals surface area contributed by atoms with Crippen LogP contribution in [0.15, 0.2) is 24.5 Å². The summed E-state index contributed by atoms with van der Waals surface area (Å²) in [6.07, 6.45) is 4.79. The minimum Gasteiger partial charge on any atom is -0.365 e. The topological polar surface area (TPSA) is 60.9 Å². The first kappa shape index (κ1) is 13.3. The molecule has 0 spiro atoms. The Bertz CT molecular complexity index is 709. The third-order valence-electron chi connectivity index (χ3n) is 3.47. The number of carbonyl (C=O) groups is 1. The molecule has 6 heteroatoms. The molecule has 0 atom stereocenters. The van der Waals surface area contributed by atoms with Crippen molar-refractivity contribution in [1.82, 2.24) is 9.55 Å². The number of primary amides is 1. The van der Waals surface area contributed by atoms with Gasteiger partial charge in [0.15, 0.2) is 0 Å². The van der Waals surface area contributed by atoms with Crippen molar-refractivity contribution in [2.45, 2.75) is 19.4 Å². The number of hydrogen-bond donors (Lipinski definition) is 1. The fourth-order valence-corrected chi connectivity index (χ4v) is 3.25. The SMILES string of the molecule is NC(=O)c1c(Cl)c(-c2cccnc2)n2c1CC(=S)CC2. The van der Waals surface area contributed by atoms with Crippen LogP contribution in [0.25, 0.3) is 11.3 Å². The van der Waals surface area contributed by atoms with E-state index in [9.17, 15) is 4.79 Å². The molecule has 0 unspecified atom stereocenters. The van der Waals surface area contributed by atoms with Crippen LogP contribution >= 0.6 is 23.8 Å². The van der Waals surface area contributed by atoms with Gasteiger partial charge in [-0.05, 0) is 18.6 Å². The summed E-state index contributed by atoms with van der Waals surface area (Å²) < 4.78 is 2.04. The second kappa shape index (κ2) is 5.00. The molecule has 102 valence electrons. The molecule has 3 rings (SSSR count). The van der Waals surface area contributed by atoms with Crippen molar-refractivity contribution >= 4 is 34.6 Å². The van der Waals surface area contributed by atoms with Gasteiger partial charge < -0.3 is 10.3 Å². The van der Waals surface area contributed by atoms with Gasteiger partial charge in [0.1, 0.15) is 0 Å². The van der Waals surface area contributed by atoms with Crippen LogP contribution in [0, 0.1) is 0 Å². The lowest BCUT2D eigenvalue weighted by Gasteiger charge is -2.19. The Hall–Kier alpha value is -1.72. The van der Waals surface area contributed by atoms with Crippen molar-refractivity contribution in [3.05, 3.63) is 40.8 Å². The minimum atomic E-state index is -0.515. The summed E-state index contributed by atoms with van der Waals surface area (Å²) in [6.45, 7) is 0.714. The highest BCUT2D eigenvalue weighted by molar-refractivity contribution is 7.80. The molecule has 4 nitrogen and oxygen atoms in total. The summed E-state index contributed by atoms with van der Waals surface area (Å²) in [6, 6.07) is 3.75. The van der Waals surface area contributed by atoms with E-state index in [0.717, 1.165) is 28.2 Å². The highest BCUT2D eigenvalue weighted by Gasteiger charge is 2.28. The minimum absolute atomic E-state index is 0.382. The lowest BCUT2D eigenvalue weighted by molar-refractivity contribution is 0.0999. The standard InChI is InChI=1S/C14H12ClN3OS/c15-12-11(14(16)19)10-6-9(20)3-5-18(10)13(12)8-2-1-4-17-7-8/h1-2,4,7H,3,5-6H2,(H2,16,19). The first-order valence-electron chi connectivity index (χ1n) is 6.22. The monoisotopic (exact) mass is 305 g/mol. The summed E-state index contributed by atoms with van der Waals surface area (Å²) in [5, 5.41) is 0.394. The number of nitrogens with zero attached hydrogens (tertiary/aromatic N) is 2. The van der Waals surface area contributed by atoms with Gasteiger partial charge in [0, 0.05) is 41.5 Å². The van der Waals surface area contributed by atoms with Crippen molar-refractivity contribution in [1.29, 1.82) is 0 Å². The average Bonchev–Trinajstić information content (AvgIpc) is 2.71. The summed E-state index contributed by atoms with van der Waals surface area (Å²) in [7, 11) is 0. The van der Waals surface area contributed by atoms with Gasteiger partial charge >= 0.3 is 0 Å². The molecule has 20 heavy (non-hydrogen) atoms. The zero-order chi connectivity index (χ0) is 14.3. The fourth-order valence-electron chi connectivity index (χ4n) is 2.61. The molecule has 0 aliphatic carbocycles. The fraction of sp³-hybridized carbons (Fsp3) is 0.214. The van der Waals surface area contributed by atoms with Crippen molar-refractivity contribution in [3.8, 4) is 11.3 Å². The third-order valence-corrected chi connectivity index (χ3v) is 4.19. The molecule has 2 N–H and O–H groups in total. The predicted molar refractivity (Wildman–Crippen MR) is 82.1 cm³/mol. The highest BCUT2D eigenvalue weighted by atomic mass is 35.5. The van der Waals surface area contributed by atoms with E-state index in [1.54, 1.807) is 12.4 Å². The maximum absolute atomic E-state index is 11.7. The lowest BCUT2D eigenvalue weighted by atomic mass is 10.1. The van der Waals surface area contributed by atoms with Crippen molar-refractivity contribution in [2.24, 2.45) is 5.73 Å². The lowest BCUT2D eigenvalue weighted by Crippen LogP contribution is -2.21. The van der Waals surface area contributed by atoms with E-state index < -0.39 is 5.91 Å². The van der Waals surface area contributed by atoms with Crippen LogP contribution in [-0.4, -0.2) is 20.3 Å². The molecule has 0 aromatic carbocycles. The van der Waals surface area contributed by atoms with Gasteiger partial charge in [0.05, 0.1) is 16.3 Å². The Morgan fingerprint density at radius 2 is 2.30 bits per heavy atom. The number of pyridine rings is 1. The van der Waals surface area contributed by atoms with Crippen LogP contribution < -0.4 is 5.73 Å². The molecule has 0 radical (unpaired) electrons. The van der Waals surface area contributed by atoms with Crippen LogP contribution in [-0.2, 0) is 13.0 Å². The maximum atomic E-state index is 11.7. The van der Waals surface area contributed by atoms with Gasteiger partial charge in [-0.3, -0.25) is 9.78 Å². The van der Waals surface area contributed by atoms with Crippen molar-refractivity contribution in [2.75, 3.05) is 0 Å². The number of halogens is 1. The van der Waals surface area contributed by atoms with Crippen LogP contribution in [0.4, 0.5) is 0 Å². The Balaban J connectivity index is 2.29. The maximum Gasteiger partial charge on any atom is 0.252 e. The zero-order valence-corrected chi connectivity index (χ0v) is 12.2. The average molecular weight is 306 g/mol. The number of thiocarbonyl (C=S) groups is 1. The molecule has 0 bridgehead atoms. The quantitative estimate of drug-likeness (QED) is 0.868. The van der Waals surface area contributed by atoms with Crippen LogP contribution in [0.2, 0.25) is 5.02 Å². The zero-order valence-electron chi connectivity index (χ0n) is 10.6. The smallest absolute Gasteiger partial charge is 0.252 e. The number of nitrogens with two attached hydrogens (primary N) is 1. The molecular formula is C14H12ClN3OS. The molecule has 2 aromatic rings. The Labute approximate surface area is 126 Å². The normalized spacial score (nSPS) is 14.2. The third kappa shape index (κ3) is 2.03. The van der Waals surface area contributed by atoms with Gasteiger partial charge in [-0.25, -0.2) is 0 Å². The Kier molecular flexibility index (Phi) is 3.31. The van der Waals surface area contributed by atoms with Crippen molar-refractivity contribution < 1.29 is 4.79 Å². The van der Waals surface area contributed by atoms with Gasteiger partial charge in [-0.2, -0.15) is 0 Å². The first-order valence-corrected chi connectivity index (χ1v) is 7.01. The first-order chi connectivity index (χ1) is 9.59. The van der Waals surface area contributed by atoms with Gasteiger partial charge in [-0.1, -0.05) is 23.8 Å². The molecule has 0 saturated heterocycles. The summed E-state index contributed by atoms with van der Waals surface area (Å²) in [4.78, 5) is 16.7. The van der Waals surface area contributed by atoms with Gasteiger partial charge in [0.2, 0.25) is 0 Å². The van der Waals surface area contributed by atoms with E-state index in [1.165, 1.54) is 0 Å². The molecule has 0 saturated carbocycles. The molecule has 1 aliphatic heterocycles. The molecule has 2 aromatic heterocycles. The number of amides is 1. The number of rotatable bonds is 2. The summed E-state index contributed by atoms with van der Waals surface area (Å²) in [5.41, 5.74) is 8.35. The Morgan fingerprint density at radius 1 is 1.50 bits per heavy atom. The molecular weight excluding hydrogens is 294 g/mol. The largest absolute Gasteiger partial charge is 0.365 e. The summed E-state index contributed by atoms with van der Waals surface area (Å²) >= 11 is 11.7. The van der Waals surface area contributed by atoms with Gasteiger partial charge in [0.25, 0.3) is 5.91 Å². The summed E-state index contributed by atoms with van der Waals surface area (Å²) in [5.74, 6) is -0.515. The van der Waals surface area contributed by atoms with E-state index in [2.05, 4.69) is 4.98 Å². The molecule has 1 amide bonds. The number of aromatic nitrogens is 2. The molecule has 0 fully saturated rings. The predicted octanol–water partition coefficient (Wildman–Crippen LogP) is 2.62. The number of carbonyl (C=O) groups excluding carboxylic acids is 1. The number of hydrogen-bond acceptors (Lipinski definition) is 3.